The fraction of sp³-hybridized carbons (Fsp3) is 0.467. The van der Waals surface area contributed by atoms with Crippen LogP contribution < -0.4 is 10.2 Å². The molecule has 1 aliphatic heterocycles. The molecule has 1 fully saturated rings. The van der Waals surface area contributed by atoms with Gasteiger partial charge in [-0.05, 0) is 37.5 Å². The molecule has 0 atom stereocenters. The zero-order chi connectivity index (χ0) is 14.9. The van der Waals surface area contributed by atoms with Crippen molar-refractivity contribution in [3.8, 4) is 0 Å². The molecule has 0 spiro atoms. The summed E-state index contributed by atoms with van der Waals surface area (Å²) in [6.45, 7) is 5.88. The van der Waals surface area contributed by atoms with Crippen LogP contribution in [-0.2, 0) is 9.59 Å². The van der Waals surface area contributed by atoms with Gasteiger partial charge in [0.15, 0.2) is 0 Å². The van der Waals surface area contributed by atoms with Crippen LogP contribution in [0.1, 0.15) is 32.3 Å². The van der Waals surface area contributed by atoms with Crippen LogP contribution in [0.5, 0.6) is 0 Å². The number of nitrogens with zero attached hydrogens (tertiary/aromatic N) is 1. The number of carbonyl (C=O) groups excluding carboxylic acids is 2. The average molecular weight is 339 g/mol. The monoisotopic (exact) mass is 338 g/mol. The Morgan fingerprint density at radius 1 is 1.30 bits per heavy atom. The summed E-state index contributed by atoms with van der Waals surface area (Å²) in [5.74, 6) is -0.129. The minimum atomic E-state index is -0.774. The van der Waals surface area contributed by atoms with Crippen molar-refractivity contribution < 1.29 is 9.59 Å². The van der Waals surface area contributed by atoms with Gasteiger partial charge in [0.25, 0.3) is 5.91 Å². The van der Waals surface area contributed by atoms with E-state index in [1.807, 2.05) is 39.0 Å². The molecule has 1 aliphatic rings. The van der Waals surface area contributed by atoms with Crippen LogP contribution in [0.15, 0.2) is 22.7 Å². The second-order valence-electron chi connectivity index (χ2n) is 5.11. The molecule has 20 heavy (non-hydrogen) atoms. The van der Waals surface area contributed by atoms with E-state index in [1.54, 1.807) is 4.90 Å². The van der Waals surface area contributed by atoms with Crippen LogP contribution in [0.3, 0.4) is 0 Å². The number of amides is 2. The van der Waals surface area contributed by atoms with Gasteiger partial charge in [0.05, 0.1) is 0 Å². The number of rotatable bonds is 3. The predicted octanol–water partition coefficient (Wildman–Crippen LogP) is 2.78. The summed E-state index contributed by atoms with van der Waals surface area (Å²) in [6, 6.07) is 5.69. The molecule has 5 heteroatoms. The van der Waals surface area contributed by atoms with Gasteiger partial charge in [-0.1, -0.05) is 35.8 Å². The first-order chi connectivity index (χ1) is 9.45. The van der Waals surface area contributed by atoms with Crippen LogP contribution >= 0.6 is 15.9 Å². The van der Waals surface area contributed by atoms with E-state index in [0.29, 0.717) is 12.8 Å². The smallest absolute Gasteiger partial charge is 0.253 e. The van der Waals surface area contributed by atoms with Crippen LogP contribution in [0, 0.1) is 6.92 Å². The number of carbonyl (C=O) groups is 2. The fourth-order valence-electron chi connectivity index (χ4n) is 2.65. The molecule has 0 radical (unpaired) electrons. The minimum Gasteiger partial charge on any atom is -0.340 e. The van der Waals surface area contributed by atoms with Gasteiger partial charge in [-0.25, -0.2) is 0 Å². The molecule has 1 heterocycles. The second-order valence-corrected chi connectivity index (χ2v) is 5.97. The van der Waals surface area contributed by atoms with E-state index in [-0.39, 0.29) is 18.4 Å². The summed E-state index contributed by atoms with van der Waals surface area (Å²) in [4.78, 5) is 26.4. The van der Waals surface area contributed by atoms with Crippen molar-refractivity contribution >= 4 is 33.4 Å². The maximum atomic E-state index is 12.8. The summed E-state index contributed by atoms with van der Waals surface area (Å²) in [7, 11) is 0. The van der Waals surface area contributed by atoms with Crippen LogP contribution in [-0.4, -0.2) is 23.9 Å². The number of piperazine rings is 1. The van der Waals surface area contributed by atoms with Crippen molar-refractivity contribution in [1.82, 2.24) is 5.32 Å². The molecule has 1 aromatic carbocycles. The van der Waals surface area contributed by atoms with Gasteiger partial charge in [0, 0.05) is 10.2 Å². The predicted molar refractivity (Wildman–Crippen MR) is 82.7 cm³/mol. The van der Waals surface area contributed by atoms with Crippen LogP contribution in [0.2, 0.25) is 0 Å². The lowest BCUT2D eigenvalue weighted by molar-refractivity contribution is -0.136. The first-order valence-electron chi connectivity index (χ1n) is 6.83. The summed E-state index contributed by atoms with van der Waals surface area (Å²) in [5, 5.41) is 2.87. The van der Waals surface area contributed by atoms with Gasteiger partial charge < -0.3 is 10.2 Å². The quantitative estimate of drug-likeness (QED) is 0.921. The Balaban J connectivity index is 2.48. The molecule has 0 bridgehead atoms. The molecule has 0 aliphatic carbocycles. The Kier molecular flexibility index (Phi) is 4.18. The Hall–Kier alpha value is -1.36. The fourth-order valence-corrected chi connectivity index (χ4v) is 3.00. The molecule has 108 valence electrons. The van der Waals surface area contributed by atoms with E-state index in [0.717, 1.165) is 15.7 Å². The number of anilines is 1. The number of halogens is 1. The molecule has 2 amide bonds. The Labute approximate surface area is 127 Å². The standard InChI is InChI=1S/C15H19BrN2O2/c1-4-15(5-2)14(20)18(9-13(19)17-15)12-8-6-7-11(16)10(12)3/h6-8H,4-5,9H2,1-3H3,(H,17,19). The molecule has 1 aromatic rings. The molecule has 0 unspecified atom stereocenters. The summed E-state index contributed by atoms with van der Waals surface area (Å²) in [5.41, 5.74) is 0.992. The Morgan fingerprint density at radius 2 is 1.95 bits per heavy atom. The Morgan fingerprint density at radius 3 is 2.55 bits per heavy atom. The molecule has 0 aromatic heterocycles. The normalized spacial score (nSPS) is 18.1. The van der Waals surface area contributed by atoms with Crippen molar-refractivity contribution in [3.05, 3.63) is 28.2 Å². The highest BCUT2D eigenvalue weighted by Gasteiger charge is 2.44. The number of hydrogen-bond acceptors (Lipinski definition) is 2. The van der Waals surface area contributed by atoms with E-state index in [1.165, 1.54) is 0 Å². The van der Waals surface area contributed by atoms with E-state index < -0.39 is 5.54 Å². The highest BCUT2D eigenvalue weighted by atomic mass is 79.9. The first-order valence-corrected chi connectivity index (χ1v) is 7.62. The van der Waals surface area contributed by atoms with Crippen molar-refractivity contribution in [2.24, 2.45) is 0 Å². The number of benzene rings is 1. The highest BCUT2D eigenvalue weighted by Crippen LogP contribution is 2.31. The SMILES string of the molecule is CCC1(CC)NC(=O)CN(c2cccc(Br)c2C)C1=O. The zero-order valence-corrected chi connectivity index (χ0v) is 13.6. The van der Waals surface area contributed by atoms with E-state index >= 15 is 0 Å². The molecular weight excluding hydrogens is 320 g/mol. The van der Waals surface area contributed by atoms with Gasteiger partial charge in [-0.15, -0.1) is 0 Å². The third-order valence-electron chi connectivity index (χ3n) is 4.07. The summed E-state index contributed by atoms with van der Waals surface area (Å²) < 4.78 is 0.937. The van der Waals surface area contributed by atoms with Crippen molar-refractivity contribution in [2.45, 2.75) is 39.2 Å². The molecule has 1 N–H and O–H groups in total. The lowest BCUT2D eigenvalue weighted by atomic mass is 9.88. The molecule has 0 saturated carbocycles. The largest absolute Gasteiger partial charge is 0.340 e. The average Bonchev–Trinajstić information content (AvgIpc) is 2.44. The van der Waals surface area contributed by atoms with Crippen LogP contribution in [0.25, 0.3) is 0 Å². The highest BCUT2D eigenvalue weighted by molar-refractivity contribution is 9.10. The first kappa shape index (κ1) is 15.0. The number of nitrogens with one attached hydrogen (secondary N) is 1. The summed E-state index contributed by atoms with van der Waals surface area (Å²) >= 11 is 3.47. The van der Waals surface area contributed by atoms with E-state index in [2.05, 4.69) is 21.2 Å². The van der Waals surface area contributed by atoms with Crippen molar-refractivity contribution in [2.75, 3.05) is 11.4 Å². The van der Waals surface area contributed by atoms with Crippen LogP contribution in [0.4, 0.5) is 5.69 Å². The number of hydrogen-bond donors (Lipinski definition) is 1. The zero-order valence-electron chi connectivity index (χ0n) is 12.0. The van der Waals surface area contributed by atoms with Crippen molar-refractivity contribution in [1.29, 1.82) is 0 Å². The van der Waals surface area contributed by atoms with Gasteiger partial charge in [-0.2, -0.15) is 0 Å². The Bertz CT molecular complexity index is 553. The van der Waals surface area contributed by atoms with E-state index in [4.69, 9.17) is 0 Å². The molecule has 2 rings (SSSR count). The van der Waals surface area contributed by atoms with Crippen molar-refractivity contribution in [3.63, 3.8) is 0 Å². The molecule has 1 saturated heterocycles. The third-order valence-corrected chi connectivity index (χ3v) is 4.93. The van der Waals surface area contributed by atoms with Gasteiger partial charge in [0.1, 0.15) is 12.1 Å². The topological polar surface area (TPSA) is 49.4 Å². The molecular formula is C15H19BrN2O2. The minimum absolute atomic E-state index is 0.0247. The second kappa shape index (κ2) is 5.56. The van der Waals surface area contributed by atoms with E-state index in [9.17, 15) is 9.59 Å². The van der Waals surface area contributed by atoms with Gasteiger partial charge in [0.2, 0.25) is 5.91 Å². The maximum Gasteiger partial charge on any atom is 0.253 e. The van der Waals surface area contributed by atoms with Gasteiger partial charge in [-0.3, -0.25) is 9.59 Å². The molecule has 4 nitrogen and oxygen atoms in total. The third kappa shape index (κ3) is 2.35. The maximum absolute atomic E-state index is 12.8. The lowest BCUT2D eigenvalue weighted by Crippen LogP contribution is -2.66. The summed E-state index contributed by atoms with van der Waals surface area (Å²) in [6.07, 6.45) is 1.19. The lowest BCUT2D eigenvalue weighted by Gasteiger charge is -2.41. The van der Waals surface area contributed by atoms with Gasteiger partial charge >= 0.3 is 0 Å².